The predicted octanol–water partition coefficient (Wildman–Crippen LogP) is 3.70. The highest BCUT2D eigenvalue weighted by atomic mass is 32.1. The molecule has 0 aliphatic carbocycles. The Labute approximate surface area is 178 Å². The number of pyridine rings is 1. The fraction of sp³-hybridized carbons (Fsp3) is 0.0909. The van der Waals surface area contributed by atoms with Gasteiger partial charge in [0.15, 0.2) is 16.3 Å². The summed E-state index contributed by atoms with van der Waals surface area (Å²) in [6.45, 7) is 0.469. The molecule has 0 aliphatic rings. The molecule has 2 N–H and O–H groups in total. The number of thiocarbonyl (C=S) groups is 1. The maximum Gasteiger partial charge on any atom is 0.257 e. The summed E-state index contributed by atoms with van der Waals surface area (Å²) >= 11 is 5.22. The molecule has 4 aromatic rings. The van der Waals surface area contributed by atoms with Crippen LogP contribution in [0.15, 0.2) is 71.3 Å². The Hall–Kier alpha value is -3.78. The largest absolute Gasteiger partial charge is 0.497 e. The van der Waals surface area contributed by atoms with Crippen molar-refractivity contribution < 1.29 is 13.9 Å². The number of amides is 1. The summed E-state index contributed by atoms with van der Waals surface area (Å²) in [5.41, 5.74) is 3.57. The van der Waals surface area contributed by atoms with Crippen LogP contribution in [0, 0.1) is 0 Å². The third-order valence-electron chi connectivity index (χ3n) is 4.40. The van der Waals surface area contributed by atoms with E-state index in [1.165, 1.54) is 0 Å². The van der Waals surface area contributed by atoms with Crippen LogP contribution in [0.5, 0.6) is 5.75 Å². The zero-order valence-electron chi connectivity index (χ0n) is 16.1. The van der Waals surface area contributed by atoms with E-state index in [9.17, 15) is 4.79 Å². The van der Waals surface area contributed by atoms with E-state index >= 15 is 0 Å². The number of carbonyl (C=O) groups excluding carboxylic acids is 1. The lowest BCUT2D eigenvalue weighted by atomic mass is 10.1. The van der Waals surface area contributed by atoms with Crippen LogP contribution in [-0.2, 0) is 6.54 Å². The first-order valence-electron chi connectivity index (χ1n) is 9.16. The van der Waals surface area contributed by atoms with Crippen molar-refractivity contribution in [2.75, 3.05) is 7.11 Å². The summed E-state index contributed by atoms with van der Waals surface area (Å²) < 4.78 is 10.8. The molecule has 0 radical (unpaired) electrons. The highest BCUT2D eigenvalue weighted by molar-refractivity contribution is 7.80. The lowest BCUT2D eigenvalue weighted by Crippen LogP contribution is -2.38. The molecule has 2 aromatic carbocycles. The van der Waals surface area contributed by atoms with Gasteiger partial charge in [-0.1, -0.05) is 12.1 Å². The molecule has 150 valence electrons. The van der Waals surface area contributed by atoms with Crippen LogP contribution in [0.2, 0.25) is 0 Å². The molecule has 2 aromatic heterocycles. The summed E-state index contributed by atoms with van der Waals surface area (Å²) in [6, 6.07) is 18.2. The first-order chi connectivity index (χ1) is 14.6. The lowest BCUT2D eigenvalue weighted by Gasteiger charge is -2.10. The summed E-state index contributed by atoms with van der Waals surface area (Å²) in [5, 5.41) is 5.95. The van der Waals surface area contributed by atoms with Crippen molar-refractivity contribution in [2.45, 2.75) is 6.54 Å². The molecule has 0 fully saturated rings. The minimum absolute atomic E-state index is 0.255. The zero-order chi connectivity index (χ0) is 20.9. The average molecular weight is 418 g/mol. The Morgan fingerprint density at radius 2 is 1.87 bits per heavy atom. The highest BCUT2D eigenvalue weighted by Gasteiger charge is 2.10. The molecule has 0 unspecified atom stereocenters. The molecule has 1 amide bonds. The second-order valence-electron chi connectivity index (χ2n) is 6.41. The molecule has 0 spiro atoms. The van der Waals surface area contributed by atoms with Crippen LogP contribution in [-0.4, -0.2) is 28.1 Å². The Morgan fingerprint density at radius 1 is 1.10 bits per heavy atom. The van der Waals surface area contributed by atoms with Crippen LogP contribution < -0.4 is 15.4 Å². The summed E-state index contributed by atoms with van der Waals surface area (Å²) in [5.74, 6) is 0.922. The first kappa shape index (κ1) is 19.5. The van der Waals surface area contributed by atoms with Gasteiger partial charge in [0.2, 0.25) is 5.89 Å². The van der Waals surface area contributed by atoms with E-state index in [2.05, 4.69) is 20.6 Å². The fourth-order valence-corrected chi connectivity index (χ4v) is 2.97. The van der Waals surface area contributed by atoms with E-state index in [1.54, 1.807) is 37.6 Å². The number of rotatable bonds is 5. The van der Waals surface area contributed by atoms with Gasteiger partial charge in [-0.2, -0.15) is 4.98 Å². The number of oxazole rings is 1. The van der Waals surface area contributed by atoms with Crippen molar-refractivity contribution in [2.24, 2.45) is 0 Å². The summed E-state index contributed by atoms with van der Waals surface area (Å²) in [6.07, 6.45) is 1.68. The fourth-order valence-electron chi connectivity index (χ4n) is 2.80. The van der Waals surface area contributed by atoms with Crippen molar-refractivity contribution in [1.82, 2.24) is 20.6 Å². The molecule has 4 rings (SSSR count). The number of methoxy groups -OCH3 is 1. The Bertz CT molecular complexity index is 1150. The second kappa shape index (κ2) is 8.71. The molecular weight excluding hydrogens is 400 g/mol. The van der Waals surface area contributed by atoms with Crippen LogP contribution in [0.3, 0.4) is 0 Å². The average Bonchev–Trinajstić information content (AvgIpc) is 3.22. The van der Waals surface area contributed by atoms with Crippen molar-refractivity contribution >= 4 is 34.5 Å². The standard InChI is InChI=1S/C22H18N4O3S/c1-28-17-10-8-15(9-11-17)20(27)26-22(30)24-13-14-4-6-16(7-5-14)21-25-19-18(29-21)3-2-12-23-19/h2-12H,13H2,1H3,(H2,24,26,27,30). The number of carbonyl (C=O) groups is 1. The van der Waals surface area contributed by atoms with Crippen LogP contribution in [0.4, 0.5) is 0 Å². The Balaban J connectivity index is 1.33. The van der Waals surface area contributed by atoms with E-state index < -0.39 is 0 Å². The third-order valence-corrected chi connectivity index (χ3v) is 4.64. The summed E-state index contributed by atoms with van der Waals surface area (Å²) in [7, 11) is 1.57. The van der Waals surface area contributed by atoms with E-state index in [-0.39, 0.29) is 11.0 Å². The number of ether oxygens (including phenoxy) is 1. The molecule has 7 nitrogen and oxygen atoms in total. The van der Waals surface area contributed by atoms with Gasteiger partial charge in [0, 0.05) is 23.9 Å². The zero-order valence-corrected chi connectivity index (χ0v) is 16.9. The molecule has 2 heterocycles. The smallest absolute Gasteiger partial charge is 0.257 e. The number of fused-ring (bicyclic) bond motifs is 1. The van der Waals surface area contributed by atoms with Gasteiger partial charge in [-0.15, -0.1) is 0 Å². The van der Waals surface area contributed by atoms with Gasteiger partial charge in [0.05, 0.1) is 7.11 Å². The molecule has 30 heavy (non-hydrogen) atoms. The van der Waals surface area contributed by atoms with Gasteiger partial charge in [-0.25, -0.2) is 4.98 Å². The van der Waals surface area contributed by atoms with Gasteiger partial charge >= 0.3 is 0 Å². The maximum absolute atomic E-state index is 12.2. The van der Waals surface area contributed by atoms with E-state index in [4.69, 9.17) is 21.4 Å². The number of hydrogen-bond acceptors (Lipinski definition) is 6. The van der Waals surface area contributed by atoms with Crippen molar-refractivity contribution in [3.05, 3.63) is 78.0 Å². The second-order valence-corrected chi connectivity index (χ2v) is 6.81. The normalized spacial score (nSPS) is 10.6. The molecular formula is C22H18N4O3S. The number of benzene rings is 2. The van der Waals surface area contributed by atoms with Crippen LogP contribution >= 0.6 is 12.2 Å². The van der Waals surface area contributed by atoms with Gasteiger partial charge in [-0.05, 0) is 66.3 Å². The quantitative estimate of drug-likeness (QED) is 0.478. The van der Waals surface area contributed by atoms with Gasteiger partial charge < -0.3 is 14.5 Å². The first-order valence-corrected chi connectivity index (χ1v) is 9.57. The third kappa shape index (κ3) is 4.44. The molecule has 0 saturated heterocycles. The van der Waals surface area contributed by atoms with E-state index in [1.807, 2.05) is 36.4 Å². The molecule has 0 saturated carbocycles. The number of nitrogens with one attached hydrogen (secondary N) is 2. The van der Waals surface area contributed by atoms with Crippen molar-refractivity contribution in [3.8, 4) is 17.2 Å². The summed E-state index contributed by atoms with van der Waals surface area (Å²) in [4.78, 5) is 20.8. The lowest BCUT2D eigenvalue weighted by molar-refractivity contribution is 0.0976. The number of aromatic nitrogens is 2. The number of hydrogen-bond donors (Lipinski definition) is 2. The SMILES string of the molecule is COc1ccc(C(=O)NC(=S)NCc2ccc(-c3nc4ncccc4o3)cc2)cc1. The van der Waals surface area contributed by atoms with Crippen molar-refractivity contribution in [1.29, 1.82) is 0 Å². The van der Waals surface area contributed by atoms with Crippen LogP contribution in [0.1, 0.15) is 15.9 Å². The van der Waals surface area contributed by atoms with Crippen LogP contribution in [0.25, 0.3) is 22.7 Å². The highest BCUT2D eigenvalue weighted by Crippen LogP contribution is 2.23. The topological polar surface area (TPSA) is 89.3 Å². The monoisotopic (exact) mass is 418 g/mol. The maximum atomic E-state index is 12.2. The number of nitrogens with zero attached hydrogens (tertiary/aromatic N) is 2. The molecule has 0 bridgehead atoms. The van der Waals surface area contributed by atoms with Crippen molar-refractivity contribution in [3.63, 3.8) is 0 Å². The molecule has 0 atom stereocenters. The minimum atomic E-state index is -0.282. The predicted molar refractivity (Wildman–Crippen MR) is 117 cm³/mol. The minimum Gasteiger partial charge on any atom is -0.497 e. The van der Waals surface area contributed by atoms with Gasteiger partial charge in [0.1, 0.15) is 5.75 Å². The van der Waals surface area contributed by atoms with Gasteiger partial charge in [0.25, 0.3) is 5.91 Å². The van der Waals surface area contributed by atoms with E-state index in [0.717, 1.165) is 11.1 Å². The van der Waals surface area contributed by atoms with Gasteiger partial charge in [-0.3, -0.25) is 10.1 Å². The Kier molecular flexibility index (Phi) is 5.67. The Morgan fingerprint density at radius 3 is 2.57 bits per heavy atom. The van der Waals surface area contributed by atoms with E-state index in [0.29, 0.717) is 35.0 Å². The molecule has 8 heteroatoms. The molecule has 0 aliphatic heterocycles.